The fourth-order valence-corrected chi connectivity index (χ4v) is 2.71. The molecule has 5 nitrogen and oxygen atoms in total. The molecule has 0 aromatic heterocycles. The number of hydrogen-bond acceptors (Lipinski definition) is 3. The molecule has 0 aliphatic heterocycles. The molecule has 0 heterocycles. The number of halogens is 2. The molecule has 3 N–H and O–H groups in total. The lowest BCUT2D eigenvalue weighted by Gasteiger charge is -2.19. The van der Waals surface area contributed by atoms with E-state index in [0.717, 1.165) is 12.1 Å². The van der Waals surface area contributed by atoms with E-state index in [9.17, 15) is 5.11 Å². The van der Waals surface area contributed by atoms with Gasteiger partial charge in [-0.1, -0.05) is 29.8 Å². The van der Waals surface area contributed by atoms with Crippen LogP contribution in [0, 0.1) is 0 Å². The van der Waals surface area contributed by atoms with Crippen LogP contribution in [0.2, 0.25) is 5.02 Å². The number of ether oxygens (including phenoxy) is 1. The SMILES string of the molecule is CCNC(=NCc1cc(OC)ccc1O)NC(C)c1ccccc1Cl.I. The first-order valence-electron chi connectivity index (χ1n) is 8.20. The van der Waals surface area contributed by atoms with Gasteiger partial charge in [0.25, 0.3) is 0 Å². The van der Waals surface area contributed by atoms with Crippen molar-refractivity contribution >= 4 is 41.5 Å². The Labute approximate surface area is 176 Å². The fourth-order valence-electron chi connectivity index (χ4n) is 2.41. The number of aliphatic imine (C=N–C) groups is 1. The first-order chi connectivity index (χ1) is 12.0. The van der Waals surface area contributed by atoms with Gasteiger partial charge < -0.3 is 20.5 Å². The zero-order chi connectivity index (χ0) is 18.2. The number of methoxy groups -OCH3 is 1. The summed E-state index contributed by atoms with van der Waals surface area (Å²) in [6, 6.07) is 12.8. The molecule has 26 heavy (non-hydrogen) atoms. The van der Waals surface area contributed by atoms with Crippen molar-refractivity contribution < 1.29 is 9.84 Å². The molecule has 0 bridgehead atoms. The van der Waals surface area contributed by atoms with Crippen molar-refractivity contribution in [3.8, 4) is 11.5 Å². The average molecular weight is 490 g/mol. The Kier molecular flexibility index (Phi) is 9.58. The molecule has 0 saturated carbocycles. The molecule has 0 aliphatic rings. The molecule has 2 rings (SSSR count). The van der Waals surface area contributed by atoms with Crippen molar-refractivity contribution in [3.63, 3.8) is 0 Å². The highest BCUT2D eigenvalue weighted by atomic mass is 127. The summed E-state index contributed by atoms with van der Waals surface area (Å²) in [5.74, 6) is 1.53. The molecule has 2 aromatic rings. The van der Waals surface area contributed by atoms with Gasteiger partial charge in [0.15, 0.2) is 5.96 Å². The second-order valence-electron chi connectivity index (χ2n) is 5.58. The largest absolute Gasteiger partial charge is 0.508 e. The van der Waals surface area contributed by atoms with Gasteiger partial charge in [-0.3, -0.25) is 0 Å². The highest BCUT2D eigenvalue weighted by Gasteiger charge is 2.11. The summed E-state index contributed by atoms with van der Waals surface area (Å²) in [4.78, 5) is 4.55. The summed E-state index contributed by atoms with van der Waals surface area (Å²) in [5, 5.41) is 17.2. The molecule has 0 aliphatic carbocycles. The third kappa shape index (κ3) is 6.25. The molecule has 1 unspecified atom stereocenters. The Bertz CT molecular complexity index is 740. The first-order valence-corrected chi connectivity index (χ1v) is 8.58. The van der Waals surface area contributed by atoms with Gasteiger partial charge in [0.1, 0.15) is 11.5 Å². The van der Waals surface area contributed by atoms with Gasteiger partial charge in [-0.25, -0.2) is 4.99 Å². The molecule has 1 atom stereocenters. The number of nitrogens with one attached hydrogen (secondary N) is 2. The zero-order valence-electron chi connectivity index (χ0n) is 15.1. The summed E-state index contributed by atoms with van der Waals surface area (Å²) in [6.45, 7) is 5.08. The molecule has 0 radical (unpaired) electrons. The first kappa shape index (κ1) is 22.4. The van der Waals surface area contributed by atoms with E-state index in [1.54, 1.807) is 25.3 Å². The van der Waals surface area contributed by atoms with Crippen molar-refractivity contribution in [2.45, 2.75) is 26.4 Å². The summed E-state index contributed by atoms with van der Waals surface area (Å²) in [5.41, 5.74) is 1.70. The Morgan fingerprint density at radius 2 is 2.00 bits per heavy atom. The van der Waals surface area contributed by atoms with E-state index in [0.29, 0.717) is 28.8 Å². The van der Waals surface area contributed by atoms with E-state index in [-0.39, 0.29) is 35.8 Å². The van der Waals surface area contributed by atoms with Crippen molar-refractivity contribution in [1.82, 2.24) is 10.6 Å². The van der Waals surface area contributed by atoms with Crippen molar-refractivity contribution in [2.24, 2.45) is 4.99 Å². The molecule has 0 fully saturated rings. The van der Waals surface area contributed by atoms with Gasteiger partial charge in [0.05, 0.1) is 19.7 Å². The maximum absolute atomic E-state index is 9.99. The van der Waals surface area contributed by atoms with Crippen LogP contribution in [0.4, 0.5) is 0 Å². The average Bonchev–Trinajstić information content (AvgIpc) is 2.61. The molecule has 0 amide bonds. The minimum Gasteiger partial charge on any atom is -0.508 e. The van der Waals surface area contributed by atoms with E-state index >= 15 is 0 Å². The molecule has 2 aromatic carbocycles. The Hall–Kier alpha value is -1.67. The topological polar surface area (TPSA) is 65.9 Å². The number of phenolic OH excluding ortho intramolecular Hbond substituents is 1. The fraction of sp³-hybridized carbons (Fsp3) is 0.316. The lowest BCUT2D eigenvalue weighted by atomic mass is 10.1. The lowest BCUT2D eigenvalue weighted by molar-refractivity contribution is 0.411. The number of hydrogen-bond donors (Lipinski definition) is 3. The van der Waals surface area contributed by atoms with Gasteiger partial charge in [-0.2, -0.15) is 0 Å². The second-order valence-corrected chi connectivity index (χ2v) is 5.98. The molecule has 0 saturated heterocycles. The number of guanidine groups is 1. The summed E-state index contributed by atoms with van der Waals surface area (Å²) < 4.78 is 5.19. The van der Waals surface area contributed by atoms with Crippen molar-refractivity contribution in [1.29, 1.82) is 0 Å². The smallest absolute Gasteiger partial charge is 0.192 e. The molecule has 142 valence electrons. The van der Waals surface area contributed by atoms with Gasteiger partial charge in [0.2, 0.25) is 0 Å². The third-order valence-corrected chi connectivity index (χ3v) is 4.11. The van der Waals surface area contributed by atoms with Crippen LogP contribution in [0.3, 0.4) is 0 Å². The van der Waals surface area contributed by atoms with Crippen LogP contribution in [0.5, 0.6) is 11.5 Å². The quantitative estimate of drug-likeness (QED) is 0.318. The normalized spacial score (nSPS) is 12.1. The number of aromatic hydroxyl groups is 1. The number of benzene rings is 2. The van der Waals surface area contributed by atoms with Gasteiger partial charge in [-0.05, 0) is 43.7 Å². The van der Waals surface area contributed by atoms with Crippen LogP contribution in [0.15, 0.2) is 47.5 Å². The minimum atomic E-state index is -0.00888. The minimum absolute atomic E-state index is 0. The zero-order valence-corrected chi connectivity index (χ0v) is 18.2. The van der Waals surface area contributed by atoms with Crippen LogP contribution in [0.25, 0.3) is 0 Å². The van der Waals surface area contributed by atoms with Crippen LogP contribution in [0.1, 0.15) is 31.0 Å². The van der Waals surface area contributed by atoms with E-state index in [1.165, 1.54) is 0 Å². The van der Waals surface area contributed by atoms with Crippen LogP contribution in [-0.4, -0.2) is 24.7 Å². The molecular formula is C19H25ClIN3O2. The number of phenols is 1. The van der Waals surface area contributed by atoms with Gasteiger partial charge in [0, 0.05) is 17.1 Å². The second kappa shape index (κ2) is 11.1. The monoisotopic (exact) mass is 489 g/mol. The number of rotatable bonds is 6. The third-order valence-electron chi connectivity index (χ3n) is 3.76. The van der Waals surface area contributed by atoms with Crippen LogP contribution >= 0.6 is 35.6 Å². The highest BCUT2D eigenvalue weighted by molar-refractivity contribution is 14.0. The number of nitrogens with zero attached hydrogens (tertiary/aromatic N) is 1. The van der Waals surface area contributed by atoms with Crippen molar-refractivity contribution in [2.75, 3.05) is 13.7 Å². The van der Waals surface area contributed by atoms with E-state index in [4.69, 9.17) is 16.3 Å². The van der Waals surface area contributed by atoms with E-state index in [1.807, 2.05) is 38.1 Å². The lowest BCUT2D eigenvalue weighted by Crippen LogP contribution is -2.38. The predicted octanol–water partition coefficient (Wildman–Crippen LogP) is 4.49. The van der Waals surface area contributed by atoms with Gasteiger partial charge in [-0.15, -0.1) is 24.0 Å². The standard InChI is InChI=1S/C19H24ClN3O2.HI/c1-4-21-19(23-13(2)16-7-5-6-8-17(16)20)22-12-14-11-15(25-3)9-10-18(14)24;/h5-11,13,24H,4,12H2,1-3H3,(H2,21,22,23);1H. The van der Waals surface area contributed by atoms with E-state index < -0.39 is 0 Å². The molecular weight excluding hydrogens is 465 g/mol. The maximum Gasteiger partial charge on any atom is 0.192 e. The Morgan fingerprint density at radius 1 is 1.27 bits per heavy atom. The van der Waals surface area contributed by atoms with Crippen LogP contribution < -0.4 is 15.4 Å². The Morgan fingerprint density at radius 3 is 2.65 bits per heavy atom. The predicted molar refractivity (Wildman–Crippen MR) is 118 cm³/mol. The summed E-state index contributed by atoms with van der Waals surface area (Å²) in [7, 11) is 1.59. The molecule has 7 heteroatoms. The Balaban J connectivity index is 0.00000338. The highest BCUT2D eigenvalue weighted by Crippen LogP contribution is 2.24. The summed E-state index contributed by atoms with van der Waals surface area (Å²) in [6.07, 6.45) is 0. The van der Waals surface area contributed by atoms with Crippen LogP contribution in [-0.2, 0) is 6.54 Å². The molecule has 0 spiro atoms. The van der Waals surface area contributed by atoms with E-state index in [2.05, 4.69) is 15.6 Å². The van der Waals surface area contributed by atoms with Gasteiger partial charge >= 0.3 is 0 Å². The maximum atomic E-state index is 9.99. The summed E-state index contributed by atoms with van der Waals surface area (Å²) >= 11 is 6.26. The van der Waals surface area contributed by atoms with Crippen molar-refractivity contribution in [3.05, 3.63) is 58.6 Å².